The molecule has 0 unspecified atom stereocenters. The molecule has 0 aliphatic heterocycles. The minimum atomic E-state index is -0.483. The molecule has 0 radical (unpaired) electrons. The first kappa shape index (κ1) is 15.3. The van der Waals surface area contributed by atoms with E-state index in [9.17, 15) is 9.18 Å². The van der Waals surface area contributed by atoms with E-state index in [0.717, 1.165) is 0 Å². The van der Waals surface area contributed by atoms with Crippen LogP contribution in [0.5, 0.6) is 0 Å². The molecule has 0 atom stereocenters. The second-order valence-electron chi connectivity index (χ2n) is 5.22. The van der Waals surface area contributed by atoms with Gasteiger partial charge < -0.3 is 10.6 Å². The second kappa shape index (κ2) is 7.60. The Morgan fingerprint density at radius 2 is 2.05 bits per heavy atom. The number of halogens is 2. The van der Waals surface area contributed by atoms with Gasteiger partial charge in [0, 0.05) is 24.7 Å². The molecule has 1 amide bonds. The van der Waals surface area contributed by atoms with Gasteiger partial charge in [0.25, 0.3) is 0 Å². The van der Waals surface area contributed by atoms with Gasteiger partial charge in [0.1, 0.15) is 5.82 Å². The molecule has 1 aromatic rings. The van der Waals surface area contributed by atoms with E-state index in [4.69, 9.17) is 11.6 Å². The van der Waals surface area contributed by atoms with Crippen molar-refractivity contribution in [3.8, 4) is 0 Å². The molecule has 0 spiro atoms. The maximum absolute atomic E-state index is 13.0. The molecule has 2 rings (SSSR count). The van der Waals surface area contributed by atoms with Gasteiger partial charge in [0.05, 0.1) is 5.02 Å². The molecule has 5 heteroatoms. The Labute approximate surface area is 123 Å². The maximum Gasteiger partial charge on any atom is 0.225 e. The van der Waals surface area contributed by atoms with E-state index in [1.165, 1.54) is 50.3 Å². The lowest BCUT2D eigenvalue weighted by Gasteiger charge is -2.22. The molecule has 0 bridgehead atoms. The molecule has 110 valence electrons. The number of amides is 1. The number of hydrogen-bond donors (Lipinski definition) is 2. The molecular weight excluding hydrogens is 279 g/mol. The lowest BCUT2D eigenvalue weighted by molar-refractivity contribution is -0.116. The van der Waals surface area contributed by atoms with Crippen molar-refractivity contribution in [2.75, 3.05) is 11.9 Å². The van der Waals surface area contributed by atoms with Crippen LogP contribution in [0, 0.1) is 5.82 Å². The molecule has 20 heavy (non-hydrogen) atoms. The van der Waals surface area contributed by atoms with Crippen LogP contribution in [0.1, 0.15) is 38.5 Å². The first-order valence-corrected chi connectivity index (χ1v) is 7.51. The summed E-state index contributed by atoms with van der Waals surface area (Å²) < 4.78 is 13.0. The van der Waals surface area contributed by atoms with Crippen molar-refractivity contribution in [1.82, 2.24) is 5.32 Å². The smallest absolute Gasteiger partial charge is 0.225 e. The largest absolute Gasteiger partial charge is 0.326 e. The Morgan fingerprint density at radius 3 is 2.75 bits per heavy atom. The van der Waals surface area contributed by atoms with Crippen molar-refractivity contribution in [1.29, 1.82) is 0 Å². The molecule has 1 fully saturated rings. The predicted octanol–water partition coefficient (Wildman–Crippen LogP) is 3.73. The molecular formula is C15H20ClFN2O. The van der Waals surface area contributed by atoms with Gasteiger partial charge in [-0.25, -0.2) is 4.39 Å². The summed E-state index contributed by atoms with van der Waals surface area (Å²) in [5.74, 6) is -0.570. The van der Waals surface area contributed by atoms with Crippen LogP contribution in [-0.4, -0.2) is 18.5 Å². The molecule has 1 aromatic carbocycles. The van der Waals surface area contributed by atoms with Gasteiger partial charge in [0.15, 0.2) is 0 Å². The minimum Gasteiger partial charge on any atom is -0.326 e. The van der Waals surface area contributed by atoms with Gasteiger partial charge in [-0.2, -0.15) is 0 Å². The molecule has 1 aliphatic rings. The van der Waals surface area contributed by atoms with Crippen LogP contribution in [0.25, 0.3) is 0 Å². The van der Waals surface area contributed by atoms with E-state index >= 15 is 0 Å². The fourth-order valence-electron chi connectivity index (χ4n) is 2.49. The van der Waals surface area contributed by atoms with Crippen molar-refractivity contribution in [3.05, 3.63) is 29.0 Å². The van der Waals surface area contributed by atoms with E-state index in [1.54, 1.807) is 0 Å². The van der Waals surface area contributed by atoms with Crippen LogP contribution >= 0.6 is 11.6 Å². The predicted molar refractivity (Wildman–Crippen MR) is 79.5 cm³/mol. The fraction of sp³-hybridized carbons (Fsp3) is 0.533. The quantitative estimate of drug-likeness (QED) is 0.869. The minimum absolute atomic E-state index is 0.0168. The van der Waals surface area contributed by atoms with Gasteiger partial charge in [-0.15, -0.1) is 0 Å². The summed E-state index contributed by atoms with van der Waals surface area (Å²) in [6.07, 6.45) is 6.69. The Morgan fingerprint density at radius 1 is 1.30 bits per heavy atom. The van der Waals surface area contributed by atoms with E-state index in [1.807, 2.05) is 0 Å². The van der Waals surface area contributed by atoms with Crippen molar-refractivity contribution in [3.63, 3.8) is 0 Å². The van der Waals surface area contributed by atoms with Gasteiger partial charge in [-0.05, 0) is 31.0 Å². The maximum atomic E-state index is 13.0. The van der Waals surface area contributed by atoms with Crippen molar-refractivity contribution >= 4 is 23.2 Å². The summed E-state index contributed by atoms with van der Waals surface area (Å²) in [4.78, 5) is 11.8. The van der Waals surface area contributed by atoms with Crippen molar-refractivity contribution in [2.24, 2.45) is 0 Å². The molecule has 0 heterocycles. The fourth-order valence-corrected chi connectivity index (χ4v) is 2.67. The van der Waals surface area contributed by atoms with Gasteiger partial charge in [-0.3, -0.25) is 4.79 Å². The van der Waals surface area contributed by atoms with Crippen LogP contribution in [-0.2, 0) is 4.79 Å². The number of nitrogens with one attached hydrogen (secondary N) is 2. The lowest BCUT2D eigenvalue weighted by Crippen LogP contribution is -2.33. The van der Waals surface area contributed by atoms with E-state index < -0.39 is 5.82 Å². The van der Waals surface area contributed by atoms with Crippen molar-refractivity contribution < 1.29 is 9.18 Å². The van der Waals surface area contributed by atoms with Crippen molar-refractivity contribution in [2.45, 2.75) is 44.6 Å². The van der Waals surface area contributed by atoms with Crippen LogP contribution in [0.4, 0.5) is 10.1 Å². The van der Waals surface area contributed by atoms with E-state index in [2.05, 4.69) is 10.6 Å². The Kier molecular flexibility index (Phi) is 5.80. The molecule has 2 N–H and O–H groups in total. The standard InChI is InChI=1S/C15H20ClFN2O/c16-13-10-12(6-7-14(13)17)19-15(20)8-9-18-11-4-2-1-3-5-11/h6-7,10-11,18H,1-5,8-9H2,(H,19,20). The molecule has 0 aromatic heterocycles. The summed E-state index contributed by atoms with van der Waals surface area (Å²) in [5, 5.41) is 6.15. The zero-order chi connectivity index (χ0) is 14.4. The summed E-state index contributed by atoms with van der Waals surface area (Å²) in [6, 6.07) is 4.73. The third kappa shape index (κ3) is 4.76. The van der Waals surface area contributed by atoms with Crippen LogP contribution < -0.4 is 10.6 Å². The van der Waals surface area contributed by atoms with Crippen LogP contribution in [0.15, 0.2) is 18.2 Å². The molecule has 0 saturated heterocycles. The van der Waals surface area contributed by atoms with Crippen LogP contribution in [0.3, 0.4) is 0 Å². The number of anilines is 1. The van der Waals surface area contributed by atoms with Crippen LogP contribution in [0.2, 0.25) is 5.02 Å². The van der Waals surface area contributed by atoms with Gasteiger partial charge >= 0.3 is 0 Å². The Bertz CT molecular complexity index is 461. The molecule has 3 nitrogen and oxygen atoms in total. The van der Waals surface area contributed by atoms with E-state index in [-0.39, 0.29) is 10.9 Å². The SMILES string of the molecule is O=C(CCNC1CCCCC1)Nc1ccc(F)c(Cl)c1. The summed E-state index contributed by atoms with van der Waals surface area (Å²) in [5.41, 5.74) is 0.527. The average Bonchev–Trinajstić information content (AvgIpc) is 2.44. The van der Waals surface area contributed by atoms with Gasteiger partial charge in [-0.1, -0.05) is 30.9 Å². The first-order valence-electron chi connectivity index (χ1n) is 7.13. The van der Waals surface area contributed by atoms with Gasteiger partial charge in [0.2, 0.25) is 5.91 Å². The summed E-state index contributed by atoms with van der Waals surface area (Å²) in [7, 11) is 0. The summed E-state index contributed by atoms with van der Waals surface area (Å²) >= 11 is 5.66. The molecule has 1 saturated carbocycles. The third-order valence-corrected chi connectivity index (χ3v) is 3.88. The number of carbonyl (C=O) groups is 1. The first-order chi connectivity index (χ1) is 9.65. The number of carbonyl (C=O) groups excluding carboxylic acids is 1. The zero-order valence-electron chi connectivity index (χ0n) is 11.4. The lowest BCUT2D eigenvalue weighted by atomic mass is 9.95. The number of hydrogen-bond acceptors (Lipinski definition) is 2. The third-order valence-electron chi connectivity index (χ3n) is 3.59. The monoisotopic (exact) mass is 298 g/mol. The Hall–Kier alpha value is -1.13. The highest BCUT2D eigenvalue weighted by Gasteiger charge is 2.13. The highest BCUT2D eigenvalue weighted by atomic mass is 35.5. The van der Waals surface area contributed by atoms with E-state index in [0.29, 0.717) is 24.7 Å². The topological polar surface area (TPSA) is 41.1 Å². The number of benzene rings is 1. The highest BCUT2D eigenvalue weighted by molar-refractivity contribution is 6.31. The highest BCUT2D eigenvalue weighted by Crippen LogP contribution is 2.19. The normalized spacial score (nSPS) is 16.1. The number of rotatable bonds is 5. The Balaban J connectivity index is 1.70. The second-order valence-corrected chi connectivity index (χ2v) is 5.62. The average molecular weight is 299 g/mol. The zero-order valence-corrected chi connectivity index (χ0v) is 12.2. The molecule has 1 aliphatic carbocycles. The summed E-state index contributed by atoms with van der Waals surface area (Å²) in [6.45, 7) is 0.672.